The number of carboxylic acids is 1. The number of aromatic nitrogens is 2. The van der Waals surface area contributed by atoms with E-state index in [9.17, 15) is 14.7 Å². The molecule has 1 fully saturated rings. The van der Waals surface area contributed by atoms with Gasteiger partial charge in [0, 0.05) is 25.5 Å². The minimum Gasteiger partial charge on any atom is -0.481 e. The van der Waals surface area contributed by atoms with Gasteiger partial charge in [-0.05, 0) is 44.0 Å². The fourth-order valence-corrected chi connectivity index (χ4v) is 3.03. The molecular formula is C18H22N4O3. The van der Waals surface area contributed by atoms with Gasteiger partial charge < -0.3 is 15.3 Å². The molecular weight excluding hydrogens is 320 g/mol. The van der Waals surface area contributed by atoms with Gasteiger partial charge in [0.1, 0.15) is 0 Å². The van der Waals surface area contributed by atoms with E-state index in [2.05, 4.69) is 10.4 Å². The summed E-state index contributed by atoms with van der Waals surface area (Å²) in [6.45, 7) is 4.27. The van der Waals surface area contributed by atoms with E-state index in [0.29, 0.717) is 13.0 Å². The summed E-state index contributed by atoms with van der Waals surface area (Å²) in [6, 6.07) is 9.22. The van der Waals surface area contributed by atoms with Gasteiger partial charge in [0.05, 0.1) is 17.1 Å². The second-order valence-electron chi connectivity index (χ2n) is 6.75. The number of hydrogen-bond acceptors (Lipinski definition) is 3. The molecule has 0 aliphatic carbocycles. The van der Waals surface area contributed by atoms with Crippen LogP contribution in [0.1, 0.15) is 31.9 Å². The van der Waals surface area contributed by atoms with Crippen molar-refractivity contribution >= 4 is 12.0 Å². The van der Waals surface area contributed by atoms with Gasteiger partial charge in [-0.15, -0.1) is 0 Å². The van der Waals surface area contributed by atoms with E-state index in [1.54, 1.807) is 22.7 Å². The summed E-state index contributed by atoms with van der Waals surface area (Å²) in [5.74, 6) is -0.859. The third-order valence-corrected chi connectivity index (χ3v) is 4.76. The fourth-order valence-electron chi connectivity index (χ4n) is 3.03. The fraction of sp³-hybridized carbons (Fsp3) is 0.389. The van der Waals surface area contributed by atoms with Crippen LogP contribution in [0.3, 0.4) is 0 Å². The molecule has 1 saturated heterocycles. The maximum atomic E-state index is 12.5. The molecule has 3 rings (SSSR count). The highest BCUT2D eigenvalue weighted by Gasteiger charge is 2.42. The van der Waals surface area contributed by atoms with Crippen LogP contribution in [-0.4, -0.2) is 44.9 Å². The van der Waals surface area contributed by atoms with Gasteiger partial charge in [-0.3, -0.25) is 4.79 Å². The molecule has 7 heteroatoms. The smallest absolute Gasteiger partial charge is 0.317 e. The summed E-state index contributed by atoms with van der Waals surface area (Å²) in [5, 5.41) is 16.4. The van der Waals surface area contributed by atoms with Crippen molar-refractivity contribution in [1.82, 2.24) is 20.0 Å². The van der Waals surface area contributed by atoms with Crippen molar-refractivity contribution in [3.05, 3.63) is 48.3 Å². The second kappa shape index (κ2) is 6.58. The Bertz CT molecular complexity index is 774. The van der Waals surface area contributed by atoms with Crippen LogP contribution in [0, 0.1) is 5.41 Å². The summed E-state index contributed by atoms with van der Waals surface area (Å²) in [5.41, 5.74) is 1.02. The molecule has 0 saturated carbocycles. The lowest BCUT2D eigenvalue weighted by atomic mass is 9.90. The van der Waals surface area contributed by atoms with Gasteiger partial charge in [-0.2, -0.15) is 5.10 Å². The topological polar surface area (TPSA) is 87.5 Å². The molecule has 2 aromatic rings. The minimum atomic E-state index is -0.861. The number of nitrogens with zero attached hydrogens (tertiary/aromatic N) is 3. The maximum Gasteiger partial charge on any atom is 0.317 e. The molecule has 1 aromatic carbocycles. The first kappa shape index (κ1) is 17.0. The van der Waals surface area contributed by atoms with Crippen molar-refractivity contribution in [3.8, 4) is 5.69 Å². The van der Waals surface area contributed by atoms with Gasteiger partial charge in [-0.25, -0.2) is 9.48 Å². The first-order valence-corrected chi connectivity index (χ1v) is 8.28. The number of carbonyl (C=O) groups excluding carboxylic acids is 1. The predicted octanol–water partition coefficient (Wildman–Crippen LogP) is 2.44. The zero-order valence-corrected chi connectivity index (χ0v) is 14.3. The molecule has 7 nitrogen and oxygen atoms in total. The molecule has 132 valence electrons. The molecule has 0 radical (unpaired) electrons. The molecule has 1 aromatic heterocycles. The molecule has 0 bridgehead atoms. The average molecular weight is 342 g/mol. The molecule has 2 atom stereocenters. The zero-order chi connectivity index (χ0) is 18.0. The molecule has 2 unspecified atom stereocenters. The highest BCUT2D eigenvalue weighted by atomic mass is 16.4. The number of amides is 2. The van der Waals surface area contributed by atoms with Gasteiger partial charge >= 0.3 is 12.0 Å². The maximum absolute atomic E-state index is 12.5. The van der Waals surface area contributed by atoms with Crippen molar-refractivity contribution in [2.45, 2.75) is 26.3 Å². The van der Waals surface area contributed by atoms with Crippen molar-refractivity contribution in [1.29, 1.82) is 0 Å². The van der Waals surface area contributed by atoms with Gasteiger partial charge in [0.25, 0.3) is 0 Å². The van der Waals surface area contributed by atoms with Crippen LogP contribution in [0.2, 0.25) is 0 Å². The van der Waals surface area contributed by atoms with Crippen LogP contribution >= 0.6 is 0 Å². The van der Waals surface area contributed by atoms with Crippen LogP contribution in [0.4, 0.5) is 4.79 Å². The second-order valence-corrected chi connectivity index (χ2v) is 6.75. The number of benzene rings is 1. The van der Waals surface area contributed by atoms with E-state index in [1.165, 1.54) is 0 Å². The highest BCUT2D eigenvalue weighted by Crippen LogP contribution is 2.30. The number of aliphatic carboxylic acids is 1. The molecule has 2 heterocycles. The number of likely N-dealkylation sites (tertiary alicyclic amines) is 1. The lowest BCUT2D eigenvalue weighted by Crippen LogP contribution is -2.41. The normalized spacial score (nSPS) is 21.1. The molecule has 25 heavy (non-hydrogen) atoms. The number of hydrogen-bond donors (Lipinski definition) is 2. The van der Waals surface area contributed by atoms with Crippen molar-refractivity contribution in [2.24, 2.45) is 5.41 Å². The summed E-state index contributed by atoms with van der Waals surface area (Å²) in [6.07, 6.45) is 4.04. The van der Waals surface area contributed by atoms with Crippen molar-refractivity contribution in [2.75, 3.05) is 13.1 Å². The zero-order valence-electron chi connectivity index (χ0n) is 14.3. The summed E-state index contributed by atoms with van der Waals surface area (Å²) >= 11 is 0. The van der Waals surface area contributed by atoms with E-state index in [4.69, 9.17) is 0 Å². The number of rotatable bonds is 4. The van der Waals surface area contributed by atoms with Crippen LogP contribution in [0.5, 0.6) is 0 Å². The Morgan fingerprint density at radius 3 is 2.80 bits per heavy atom. The van der Waals surface area contributed by atoms with Gasteiger partial charge in [0.2, 0.25) is 0 Å². The van der Waals surface area contributed by atoms with E-state index in [1.807, 2.05) is 43.5 Å². The molecule has 2 amide bonds. The third kappa shape index (κ3) is 3.50. The molecule has 0 spiro atoms. The Hall–Kier alpha value is -2.83. The summed E-state index contributed by atoms with van der Waals surface area (Å²) in [4.78, 5) is 25.3. The number of carboxylic acid groups (broad SMARTS) is 1. The van der Waals surface area contributed by atoms with Crippen LogP contribution < -0.4 is 5.32 Å². The SMILES string of the molecule is CC(NC(=O)N1CCC(C)(C(=O)O)C1)c1cccc(-n2cccn2)c1. The number of urea groups is 1. The first-order chi connectivity index (χ1) is 11.9. The monoisotopic (exact) mass is 342 g/mol. The quantitative estimate of drug-likeness (QED) is 0.893. The first-order valence-electron chi connectivity index (χ1n) is 8.28. The lowest BCUT2D eigenvalue weighted by molar-refractivity contribution is -0.147. The predicted molar refractivity (Wildman–Crippen MR) is 92.4 cm³/mol. The molecule has 2 N–H and O–H groups in total. The van der Waals surface area contributed by atoms with Crippen molar-refractivity contribution < 1.29 is 14.7 Å². The Morgan fingerprint density at radius 2 is 2.16 bits per heavy atom. The Morgan fingerprint density at radius 1 is 1.36 bits per heavy atom. The third-order valence-electron chi connectivity index (χ3n) is 4.76. The van der Waals surface area contributed by atoms with Gasteiger partial charge in [0.15, 0.2) is 0 Å². The van der Waals surface area contributed by atoms with Crippen LogP contribution in [0.25, 0.3) is 5.69 Å². The Balaban J connectivity index is 1.66. The van der Waals surface area contributed by atoms with E-state index in [-0.39, 0.29) is 18.6 Å². The summed E-state index contributed by atoms with van der Waals surface area (Å²) < 4.78 is 1.76. The number of carbonyl (C=O) groups is 2. The number of nitrogens with one attached hydrogen (secondary N) is 1. The molecule has 1 aliphatic heterocycles. The standard InChI is InChI=1S/C18H22N4O3/c1-13(14-5-3-6-15(11-14)22-9-4-8-19-22)20-17(25)21-10-7-18(2,12-21)16(23)24/h3-6,8-9,11,13H,7,10,12H2,1-2H3,(H,20,25)(H,23,24). The Labute approximate surface area is 146 Å². The van der Waals surface area contributed by atoms with Crippen LogP contribution in [-0.2, 0) is 4.79 Å². The Kier molecular flexibility index (Phi) is 4.48. The van der Waals surface area contributed by atoms with Crippen LogP contribution in [0.15, 0.2) is 42.7 Å². The largest absolute Gasteiger partial charge is 0.481 e. The molecule has 1 aliphatic rings. The lowest BCUT2D eigenvalue weighted by Gasteiger charge is -2.23. The summed E-state index contributed by atoms with van der Waals surface area (Å²) in [7, 11) is 0. The van der Waals surface area contributed by atoms with E-state index in [0.717, 1.165) is 11.3 Å². The van der Waals surface area contributed by atoms with E-state index >= 15 is 0 Å². The van der Waals surface area contributed by atoms with Crippen molar-refractivity contribution in [3.63, 3.8) is 0 Å². The highest BCUT2D eigenvalue weighted by molar-refractivity contribution is 5.79. The van der Waals surface area contributed by atoms with E-state index < -0.39 is 11.4 Å². The van der Waals surface area contributed by atoms with Gasteiger partial charge in [-0.1, -0.05) is 12.1 Å². The average Bonchev–Trinajstić information content (AvgIpc) is 3.25. The minimum absolute atomic E-state index is 0.195.